The van der Waals surface area contributed by atoms with Gasteiger partial charge < -0.3 is 4.90 Å². The van der Waals surface area contributed by atoms with Crippen molar-refractivity contribution in [3.63, 3.8) is 0 Å². The summed E-state index contributed by atoms with van der Waals surface area (Å²) in [6, 6.07) is 4.63. The summed E-state index contributed by atoms with van der Waals surface area (Å²) in [4.78, 5) is 14.7. The first-order chi connectivity index (χ1) is 12.4. The fourth-order valence-corrected chi connectivity index (χ4v) is 5.89. The van der Waals surface area contributed by atoms with Crippen molar-refractivity contribution in [2.75, 3.05) is 26.2 Å². The molecule has 1 atom stereocenters. The minimum absolute atomic E-state index is 0.0499. The zero-order chi connectivity index (χ0) is 18.7. The van der Waals surface area contributed by atoms with Gasteiger partial charge >= 0.3 is 0 Å². The van der Waals surface area contributed by atoms with E-state index in [-0.39, 0.29) is 15.8 Å². The number of carbonyl (C=O) groups is 1. The van der Waals surface area contributed by atoms with Crippen molar-refractivity contribution in [1.82, 2.24) is 9.21 Å². The minimum Gasteiger partial charge on any atom is -0.339 e. The quantitative estimate of drug-likeness (QED) is 0.778. The van der Waals surface area contributed by atoms with Crippen molar-refractivity contribution in [3.05, 3.63) is 28.8 Å². The third kappa shape index (κ3) is 4.24. The molecule has 26 heavy (non-hydrogen) atoms. The Hall–Kier alpha value is -1.11. The summed E-state index contributed by atoms with van der Waals surface area (Å²) in [5.41, 5.74) is 0.403. The second-order valence-corrected chi connectivity index (χ2v) is 9.78. The van der Waals surface area contributed by atoms with E-state index in [1.54, 1.807) is 6.07 Å². The second kappa shape index (κ2) is 8.28. The molecule has 1 aromatic rings. The fourth-order valence-electron chi connectivity index (χ4n) is 3.79. The zero-order valence-corrected chi connectivity index (χ0v) is 16.9. The standard InChI is InChI=1S/C19H27ClN2O3S/c1-15-7-6-12-22(14-15)26(24,25)18-13-16(8-9-17(18)20)19(23)21-10-4-2-3-5-11-21/h8-9,13,15H,2-7,10-12,14H2,1H3. The van der Waals surface area contributed by atoms with Gasteiger partial charge in [0.1, 0.15) is 4.90 Å². The molecule has 1 unspecified atom stereocenters. The highest BCUT2D eigenvalue weighted by Gasteiger charge is 2.31. The first-order valence-corrected chi connectivity index (χ1v) is 11.3. The molecule has 2 aliphatic rings. The Labute approximate surface area is 161 Å². The number of nitrogens with zero attached hydrogens (tertiary/aromatic N) is 2. The van der Waals surface area contributed by atoms with Crippen LogP contribution < -0.4 is 0 Å². The first-order valence-electron chi connectivity index (χ1n) is 9.48. The molecule has 1 amide bonds. The van der Waals surface area contributed by atoms with Gasteiger partial charge in [-0.05, 0) is 49.8 Å². The van der Waals surface area contributed by atoms with E-state index in [9.17, 15) is 13.2 Å². The maximum Gasteiger partial charge on any atom is 0.253 e. The van der Waals surface area contributed by atoms with Crippen LogP contribution in [-0.4, -0.2) is 49.7 Å². The van der Waals surface area contributed by atoms with E-state index >= 15 is 0 Å². The van der Waals surface area contributed by atoms with Crippen molar-refractivity contribution in [1.29, 1.82) is 0 Å². The van der Waals surface area contributed by atoms with Crippen LogP contribution in [0.4, 0.5) is 0 Å². The van der Waals surface area contributed by atoms with E-state index in [4.69, 9.17) is 11.6 Å². The van der Waals surface area contributed by atoms with Gasteiger partial charge in [-0.3, -0.25) is 4.79 Å². The van der Waals surface area contributed by atoms with Crippen LogP contribution in [-0.2, 0) is 10.0 Å². The van der Waals surface area contributed by atoms with Gasteiger partial charge in [0, 0.05) is 31.7 Å². The van der Waals surface area contributed by atoms with Gasteiger partial charge in [-0.1, -0.05) is 31.4 Å². The number of carbonyl (C=O) groups excluding carboxylic acids is 1. The second-order valence-electron chi connectivity index (χ2n) is 7.46. The van der Waals surface area contributed by atoms with Gasteiger partial charge in [-0.2, -0.15) is 4.31 Å². The van der Waals surface area contributed by atoms with E-state index in [1.807, 2.05) is 4.90 Å². The average Bonchev–Trinajstić information content (AvgIpc) is 2.91. The number of piperidine rings is 1. The Morgan fingerprint density at radius 2 is 1.77 bits per heavy atom. The van der Waals surface area contributed by atoms with Crippen LogP contribution in [0.2, 0.25) is 5.02 Å². The third-order valence-corrected chi connectivity index (χ3v) is 7.66. The molecule has 0 aliphatic carbocycles. The SMILES string of the molecule is CC1CCCN(S(=O)(=O)c2cc(C(=O)N3CCCCCC3)ccc2Cl)C1. The highest BCUT2D eigenvalue weighted by Crippen LogP contribution is 2.29. The monoisotopic (exact) mass is 398 g/mol. The molecule has 2 heterocycles. The number of likely N-dealkylation sites (tertiary alicyclic amines) is 1. The highest BCUT2D eigenvalue weighted by atomic mass is 35.5. The molecule has 2 saturated heterocycles. The predicted molar refractivity (Wildman–Crippen MR) is 103 cm³/mol. The van der Waals surface area contributed by atoms with Crippen LogP contribution in [0, 0.1) is 5.92 Å². The van der Waals surface area contributed by atoms with Gasteiger partial charge in [-0.15, -0.1) is 0 Å². The van der Waals surface area contributed by atoms with Crippen molar-refractivity contribution in [2.24, 2.45) is 5.92 Å². The van der Waals surface area contributed by atoms with E-state index < -0.39 is 10.0 Å². The molecular weight excluding hydrogens is 372 g/mol. The number of amides is 1. The van der Waals surface area contributed by atoms with Crippen LogP contribution in [0.15, 0.2) is 23.1 Å². The van der Waals surface area contributed by atoms with Crippen LogP contribution >= 0.6 is 11.6 Å². The molecule has 0 N–H and O–H groups in total. The summed E-state index contributed by atoms with van der Waals surface area (Å²) < 4.78 is 27.7. The summed E-state index contributed by atoms with van der Waals surface area (Å²) in [7, 11) is -3.69. The Bertz CT molecular complexity index is 758. The van der Waals surface area contributed by atoms with Gasteiger partial charge in [0.25, 0.3) is 5.91 Å². The van der Waals surface area contributed by atoms with Crippen LogP contribution in [0.5, 0.6) is 0 Å². The van der Waals surface area contributed by atoms with E-state index in [0.717, 1.165) is 51.6 Å². The Kier molecular flexibility index (Phi) is 6.25. The zero-order valence-electron chi connectivity index (χ0n) is 15.3. The number of halogens is 1. The Morgan fingerprint density at radius 1 is 1.08 bits per heavy atom. The lowest BCUT2D eigenvalue weighted by molar-refractivity contribution is 0.0761. The predicted octanol–water partition coefficient (Wildman–Crippen LogP) is 3.78. The van der Waals surface area contributed by atoms with Gasteiger partial charge in [0.05, 0.1) is 5.02 Å². The number of rotatable bonds is 3. The van der Waals surface area contributed by atoms with E-state index in [0.29, 0.717) is 24.6 Å². The van der Waals surface area contributed by atoms with Crippen molar-refractivity contribution in [2.45, 2.75) is 50.3 Å². The summed E-state index contributed by atoms with van der Waals surface area (Å²) in [5, 5.41) is 0.177. The van der Waals surface area contributed by atoms with Gasteiger partial charge in [-0.25, -0.2) is 8.42 Å². The lowest BCUT2D eigenvalue weighted by Gasteiger charge is -2.30. The first kappa shape index (κ1) is 19.6. The van der Waals surface area contributed by atoms with Crippen LogP contribution in [0.3, 0.4) is 0 Å². The maximum atomic E-state index is 13.1. The van der Waals surface area contributed by atoms with Gasteiger partial charge in [0.2, 0.25) is 10.0 Å². The lowest BCUT2D eigenvalue weighted by atomic mass is 10.0. The van der Waals surface area contributed by atoms with E-state index in [2.05, 4.69) is 6.92 Å². The van der Waals surface area contributed by atoms with Crippen molar-refractivity contribution >= 4 is 27.5 Å². The Balaban J connectivity index is 1.88. The molecule has 7 heteroatoms. The number of hydrogen-bond donors (Lipinski definition) is 0. The molecule has 2 aliphatic heterocycles. The largest absolute Gasteiger partial charge is 0.339 e. The molecule has 2 fully saturated rings. The molecule has 3 rings (SSSR count). The van der Waals surface area contributed by atoms with Crippen LogP contribution in [0.1, 0.15) is 55.8 Å². The summed E-state index contributed by atoms with van der Waals surface area (Å²) >= 11 is 6.22. The molecule has 1 aromatic carbocycles. The van der Waals surface area contributed by atoms with Crippen molar-refractivity contribution < 1.29 is 13.2 Å². The molecule has 144 valence electrons. The molecule has 5 nitrogen and oxygen atoms in total. The smallest absolute Gasteiger partial charge is 0.253 e. The summed E-state index contributed by atoms with van der Waals surface area (Å²) in [6.45, 7) is 4.53. The molecule has 0 aromatic heterocycles. The lowest BCUT2D eigenvalue weighted by Crippen LogP contribution is -2.39. The van der Waals surface area contributed by atoms with Crippen molar-refractivity contribution in [3.8, 4) is 0 Å². The number of benzene rings is 1. The average molecular weight is 399 g/mol. The fraction of sp³-hybridized carbons (Fsp3) is 0.632. The molecule has 0 bridgehead atoms. The normalized spacial score (nSPS) is 22.8. The topological polar surface area (TPSA) is 57.7 Å². The molecule has 0 spiro atoms. The summed E-state index contributed by atoms with van der Waals surface area (Å²) in [5.74, 6) is 0.228. The molecule has 0 radical (unpaired) electrons. The number of hydrogen-bond acceptors (Lipinski definition) is 3. The molecular formula is C19H27ClN2O3S. The van der Waals surface area contributed by atoms with Gasteiger partial charge in [0.15, 0.2) is 0 Å². The highest BCUT2D eigenvalue weighted by molar-refractivity contribution is 7.89. The third-order valence-electron chi connectivity index (χ3n) is 5.31. The minimum atomic E-state index is -3.69. The summed E-state index contributed by atoms with van der Waals surface area (Å²) in [6.07, 6.45) is 6.15. The molecule has 0 saturated carbocycles. The maximum absolute atomic E-state index is 13.1. The Morgan fingerprint density at radius 3 is 2.42 bits per heavy atom. The van der Waals surface area contributed by atoms with E-state index in [1.165, 1.54) is 16.4 Å². The number of sulfonamides is 1. The van der Waals surface area contributed by atoms with Crippen LogP contribution in [0.25, 0.3) is 0 Å².